The lowest BCUT2D eigenvalue weighted by Gasteiger charge is -2.13. The summed E-state index contributed by atoms with van der Waals surface area (Å²) < 4.78 is 50.3. The number of nitriles is 1. The Bertz CT molecular complexity index is 1250. The fourth-order valence-electron chi connectivity index (χ4n) is 3.08. The first-order valence-electron chi connectivity index (χ1n) is 9.30. The number of rotatable bonds is 5. The van der Waals surface area contributed by atoms with Crippen LogP contribution in [0.2, 0.25) is 0 Å². The summed E-state index contributed by atoms with van der Waals surface area (Å²) in [6.45, 7) is 1.31. The molecule has 0 saturated carbocycles. The van der Waals surface area contributed by atoms with E-state index >= 15 is 0 Å². The van der Waals surface area contributed by atoms with E-state index in [4.69, 9.17) is 9.47 Å². The standard InChI is InChI=1S/C20H15F3N6O3/c1-28-4-5-29-17(28)7-16(27-19(29)30)31-11-12-2-3-15(13(6-12)8-24)32-14-9-25-18(26-10-14)20(21,22)23/h2-3,6-7,9-10H,4-5,11H2,1H3. The van der Waals surface area contributed by atoms with E-state index in [0.717, 1.165) is 12.4 Å². The lowest BCUT2D eigenvalue weighted by Crippen LogP contribution is -2.22. The normalized spacial score (nSPS) is 12.9. The van der Waals surface area contributed by atoms with Crippen molar-refractivity contribution in [1.29, 1.82) is 5.26 Å². The monoisotopic (exact) mass is 444 g/mol. The summed E-state index contributed by atoms with van der Waals surface area (Å²) in [5.41, 5.74) is 0.336. The predicted octanol–water partition coefficient (Wildman–Crippen LogP) is 2.74. The van der Waals surface area contributed by atoms with Gasteiger partial charge >= 0.3 is 11.9 Å². The second-order valence-corrected chi connectivity index (χ2v) is 6.88. The maximum Gasteiger partial charge on any atom is 0.451 e. The van der Waals surface area contributed by atoms with Crippen LogP contribution in [-0.4, -0.2) is 33.1 Å². The third-order valence-electron chi connectivity index (χ3n) is 4.68. The Balaban J connectivity index is 1.47. The highest BCUT2D eigenvalue weighted by Crippen LogP contribution is 2.29. The van der Waals surface area contributed by atoms with Gasteiger partial charge in [0.2, 0.25) is 11.7 Å². The fraction of sp³-hybridized carbons (Fsp3) is 0.250. The number of nitrogens with zero attached hydrogens (tertiary/aromatic N) is 6. The maximum absolute atomic E-state index is 12.6. The molecule has 164 valence electrons. The Morgan fingerprint density at radius 2 is 1.94 bits per heavy atom. The first-order valence-corrected chi connectivity index (χ1v) is 9.30. The van der Waals surface area contributed by atoms with Crippen LogP contribution >= 0.6 is 0 Å². The molecule has 32 heavy (non-hydrogen) atoms. The summed E-state index contributed by atoms with van der Waals surface area (Å²) in [5.74, 6) is -0.347. The molecule has 1 aliphatic rings. The zero-order valence-corrected chi connectivity index (χ0v) is 16.6. The number of anilines is 1. The van der Waals surface area contributed by atoms with Gasteiger partial charge in [0.05, 0.1) is 18.0 Å². The number of hydrogen-bond acceptors (Lipinski definition) is 8. The lowest BCUT2D eigenvalue weighted by molar-refractivity contribution is -0.145. The highest BCUT2D eigenvalue weighted by atomic mass is 19.4. The van der Waals surface area contributed by atoms with Crippen molar-refractivity contribution < 1.29 is 22.6 Å². The Morgan fingerprint density at radius 3 is 2.62 bits per heavy atom. The molecule has 1 aliphatic heterocycles. The Labute approximate surface area is 179 Å². The van der Waals surface area contributed by atoms with Gasteiger partial charge in [-0.25, -0.2) is 14.8 Å². The van der Waals surface area contributed by atoms with Gasteiger partial charge in [-0.1, -0.05) is 6.07 Å². The molecular weight excluding hydrogens is 429 g/mol. The minimum Gasteiger partial charge on any atom is -0.473 e. The first kappa shape index (κ1) is 21.1. The summed E-state index contributed by atoms with van der Waals surface area (Å²) in [6, 6.07) is 8.24. The van der Waals surface area contributed by atoms with Gasteiger partial charge in [-0.05, 0) is 17.7 Å². The first-order chi connectivity index (χ1) is 15.2. The van der Waals surface area contributed by atoms with Crippen molar-refractivity contribution in [3.05, 3.63) is 64.1 Å². The molecule has 12 heteroatoms. The van der Waals surface area contributed by atoms with E-state index in [0.29, 0.717) is 24.5 Å². The van der Waals surface area contributed by atoms with Crippen molar-refractivity contribution in [3.63, 3.8) is 0 Å². The topological polar surface area (TPSA) is 106 Å². The molecule has 0 saturated heterocycles. The lowest BCUT2D eigenvalue weighted by atomic mass is 10.1. The second kappa shape index (κ2) is 8.18. The minimum absolute atomic E-state index is 0.0396. The van der Waals surface area contributed by atoms with Gasteiger partial charge in [0, 0.05) is 26.2 Å². The molecule has 9 nitrogen and oxygen atoms in total. The van der Waals surface area contributed by atoms with Crippen LogP contribution in [0.3, 0.4) is 0 Å². The Morgan fingerprint density at radius 1 is 1.19 bits per heavy atom. The smallest absolute Gasteiger partial charge is 0.451 e. The average Bonchev–Trinajstić information content (AvgIpc) is 3.14. The molecule has 0 aliphatic carbocycles. The van der Waals surface area contributed by atoms with E-state index in [1.807, 2.05) is 18.0 Å². The molecule has 1 aromatic carbocycles. The number of fused-ring (bicyclic) bond motifs is 1. The van der Waals surface area contributed by atoms with Gasteiger partial charge < -0.3 is 14.4 Å². The summed E-state index contributed by atoms with van der Waals surface area (Å²) in [4.78, 5) is 24.4. The van der Waals surface area contributed by atoms with Crippen LogP contribution in [0.5, 0.6) is 17.4 Å². The van der Waals surface area contributed by atoms with Crippen LogP contribution in [0, 0.1) is 11.3 Å². The van der Waals surface area contributed by atoms with Crippen molar-refractivity contribution in [3.8, 4) is 23.4 Å². The van der Waals surface area contributed by atoms with Gasteiger partial charge in [-0.3, -0.25) is 4.57 Å². The third kappa shape index (κ3) is 4.31. The summed E-state index contributed by atoms with van der Waals surface area (Å²) >= 11 is 0. The van der Waals surface area contributed by atoms with E-state index in [1.54, 1.807) is 16.7 Å². The summed E-state index contributed by atoms with van der Waals surface area (Å²) in [7, 11) is 1.86. The number of halogens is 3. The number of hydrogen-bond donors (Lipinski definition) is 0. The van der Waals surface area contributed by atoms with Gasteiger partial charge in [0.1, 0.15) is 24.2 Å². The molecule has 0 N–H and O–H groups in total. The van der Waals surface area contributed by atoms with Crippen LogP contribution in [0.15, 0.2) is 41.5 Å². The highest BCUT2D eigenvalue weighted by Gasteiger charge is 2.34. The van der Waals surface area contributed by atoms with E-state index in [1.165, 1.54) is 12.1 Å². The van der Waals surface area contributed by atoms with Gasteiger partial charge in [0.25, 0.3) is 0 Å². The molecule has 3 heterocycles. The van der Waals surface area contributed by atoms with E-state index in [9.17, 15) is 23.2 Å². The van der Waals surface area contributed by atoms with Crippen LogP contribution < -0.4 is 20.1 Å². The fourth-order valence-corrected chi connectivity index (χ4v) is 3.08. The quantitative estimate of drug-likeness (QED) is 0.592. The van der Waals surface area contributed by atoms with E-state index < -0.39 is 17.7 Å². The maximum atomic E-state index is 12.6. The molecule has 3 aromatic rings. The third-order valence-corrected chi connectivity index (χ3v) is 4.68. The zero-order valence-electron chi connectivity index (χ0n) is 16.6. The average molecular weight is 444 g/mol. The number of benzene rings is 1. The number of ether oxygens (including phenoxy) is 2. The van der Waals surface area contributed by atoms with Gasteiger partial charge in [-0.2, -0.15) is 23.4 Å². The SMILES string of the molecule is CN1CCn2c1cc(OCc1ccc(Oc3cnc(C(F)(F)F)nc3)c(C#N)c1)nc2=O. The molecule has 2 aromatic heterocycles. The Kier molecular flexibility index (Phi) is 5.40. The van der Waals surface area contributed by atoms with E-state index in [-0.39, 0.29) is 29.5 Å². The molecule has 0 fully saturated rings. The molecule has 4 rings (SSSR count). The summed E-state index contributed by atoms with van der Waals surface area (Å²) in [6.07, 6.45) is -2.90. The number of aromatic nitrogens is 4. The van der Waals surface area contributed by atoms with Crippen molar-refractivity contribution in [2.75, 3.05) is 18.5 Å². The highest BCUT2D eigenvalue weighted by molar-refractivity contribution is 5.47. The minimum atomic E-state index is -4.66. The predicted molar refractivity (Wildman–Crippen MR) is 104 cm³/mol. The number of alkyl halides is 3. The molecule has 0 amide bonds. The molecule has 0 spiro atoms. The zero-order chi connectivity index (χ0) is 22.9. The molecule has 0 atom stereocenters. The van der Waals surface area contributed by atoms with E-state index in [2.05, 4.69) is 15.0 Å². The summed E-state index contributed by atoms with van der Waals surface area (Å²) in [5, 5.41) is 9.42. The largest absolute Gasteiger partial charge is 0.473 e. The second-order valence-electron chi connectivity index (χ2n) is 6.88. The molecule has 0 unspecified atom stereocenters. The van der Waals surface area contributed by atoms with Crippen molar-refractivity contribution >= 4 is 5.82 Å². The Hall–Kier alpha value is -4.14. The molecule has 0 bridgehead atoms. The van der Waals surface area contributed by atoms with Crippen LogP contribution in [0.1, 0.15) is 17.0 Å². The van der Waals surface area contributed by atoms with Gasteiger partial charge in [0.15, 0.2) is 5.75 Å². The molecule has 0 radical (unpaired) electrons. The van der Waals surface area contributed by atoms with Crippen LogP contribution in [-0.2, 0) is 19.3 Å². The van der Waals surface area contributed by atoms with Gasteiger partial charge in [-0.15, -0.1) is 0 Å². The number of likely N-dealkylation sites (N-methyl/N-ethyl adjacent to an activating group) is 1. The van der Waals surface area contributed by atoms with Crippen LogP contribution in [0.4, 0.5) is 19.0 Å². The molecular formula is C20H15F3N6O3. The van der Waals surface area contributed by atoms with Crippen LogP contribution in [0.25, 0.3) is 0 Å². The van der Waals surface area contributed by atoms with Crippen molar-refractivity contribution in [1.82, 2.24) is 19.5 Å². The van der Waals surface area contributed by atoms with Crippen molar-refractivity contribution in [2.45, 2.75) is 19.3 Å². The van der Waals surface area contributed by atoms with Crippen molar-refractivity contribution in [2.24, 2.45) is 0 Å².